The fraction of sp³-hybridized carbons (Fsp3) is 0.462. The van der Waals surface area contributed by atoms with Gasteiger partial charge in [-0.15, -0.1) is 11.8 Å². The summed E-state index contributed by atoms with van der Waals surface area (Å²) in [4.78, 5) is 11.3. The van der Waals surface area contributed by atoms with Crippen molar-refractivity contribution >= 4 is 39.4 Å². The lowest BCUT2D eigenvalue weighted by molar-refractivity contribution is -0.137. The van der Waals surface area contributed by atoms with Crippen molar-refractivity contribution in [2.45, 2.75) is 16.6 Å². The van der Waals surface area contributed by atoms with E-state index in [0.29, 0.717) is 18.1 Å². The number of carbonyl (C=O) groups is 1. The van der Waals surface area contributed by atoms with Crippen LogP contribution in [0.1, 0.15) is 6.42 Å². The van der Waals surface area contributed by atoms with Crippen LogP contribution in [0, 0.1) is 0 Å². The molecule has 21 heavy (non-hydrogen) atoms. The number of hydrogen-bond acceptors (Lipinski definition) is 5. The first-order valence-electron chi connectivity index (χ1n) is 6.37. The average Bonchev–Trinajstić information content (AvgIpc) is 2.94. The molecule has 1 unspecified atom stereocenters. The lowest BCUT2D eigenvalue weighted by Gasteiger charge is -2.16. The van der Waals surface area contributed by atoms with E-state index in [2.05, 4.69) is 4.74 Å². The molecule has 1 heterocycles. The van der Waals surface area contributed by atoms with Gasteiger partial charge in [-0.25, -0.2) is 8.42 Å². The van der Waals surface area contributed by atoms with Crippen LogP contribution in [0.15, 0.2) is 29.2 Å². The summed E-state index contributed by atoms with van der Waals surface area (Å²) in [6, 6.07) is 6.25. The Hall–Kier alpha value is -0.760. The standard InChI is InChI=1S/C13H16ClNO4S2/c1-19-13(16)9-20-11-5-6-15(8-11)21(17,18)12-4-2-3-10(14)7-12/h2-4,7,11H,5-6,8-9H2,1H3. The minimum absolute atomic E-state index is 0.109. The van der Waals surface area contributed by atoms with Gasteiger partial charge in [0.15, 0.2) is 0 Å². The largest absolute Gasteiger partial charge is 0.468 e. The molecule has 0 radical (unpaired) electrons. The number of thioether (sulfide) groups is 1. The number of hydrogen-bond donors (Lipinski definition) is 0. The van der Waals surface area contributed by atoms with Crippen LogP contribution in [0.25, 0.3) is 0 Å². The van der Waals surface area contributed by atoms with Gasteiger partial charge in [-0.1, -0.05) is 17.7 Å². The second-order valence-corrected chi connectivity index (χ2v) is 8.28. The predicted molar refractivity (Wildman–Crippen MR) is 83.1 cm³/mol. The Kier molecular flexibility index (Phi) is 5.54. The van der Waals surface area contributed by atoms with Crippen LogP contribution in [0.5, 0.6) is 0 Å². The zero-order valence-electron chi connectivity index (χ0n) is 11.5. The summed E-state index contributed by atoms with van der Waals surface area (Å²) >= 11 is 7.28. The molecule has 0 amide bonds. The van der Waals surface area contributed by atoms with E-state index in [9.17, 15) is 13.2 Å². The molecule has 116 valence electrons. The highest BCUT2D eigenvalue weighted by atomic mass is 35.5. The summed E-state index contributed by atoms with van der Waals surface area (Å²) in [5.74, 6) is -0.0530. The monoisotopic (exact) mass is 349 g/mol. The quantitative estimate of drug-likeness (QED) is 0.761. The SMILES string of the molecule is COC(=O)CSC1CCN(S(=O)(=O)c2cccc(Cl)c2)C1. The van der Waals surface area contributed by atoms with E-state index >= 15 is 0 Å². The van der Waals surface area contributed by atoms with Gasteiger partial charge in [0, 0.05) is 23.4 Å². The van der Waals surface area contributed by atoms with Gasteiger partial charge in [0.1, 0.15) is 0 Å². The van der Waals surface area contributed by atoms with Gasteiger partial charge in [0.25, 0.3) is 0 Å². The van der Waals surface area contributed by atoms with Crippen molar-refractivity contribution in [1.82, 2.24) is 4.31 Å². The number of rotatable bonds is 5. The third-order valence-electron chi connectivity index (χ3n) is 3.21. The average molecular weight is 350 g/mol. The highest BCUT2D eigenvalue weighted by Gasteiger charge is 2.33. The summed E-state index contributed by atoms with van der Waals surface area (Å²) in [6.45, 7) is 0.851. The topological polar surface area (TPSA) is 63.7 Å². The first-order valence-corrected chi connectivity index (χ1v) is 9.24. The molecule has 8 heteroatoms. The summed E-state index contributed by atoms with van der Waals surface area (Å²) in [6.07, 6.45) is 0.724. The molecule has 1 saturated heterocycles. The van der Waals surface area contributed by atoms with Crippen LogP contribution in [0.4, 0.5) is 0 Å². The maximum Gasteiger partial charge on any atom is 0.315 e. The number of ether oxygens (including phenoxy) is 1. The molecule has 1 aliphatic heterocycles. The van der Waals surface area contributed by atoms with E-state index in [4.69, 9.17) is 11.6 Å². The Bertz CT molecular complexity index is 620. The number of benzene rings is 1. The van der Waals surface area contributed by atoms with Gasteiger partial charge in [-0.2, -0.15) is 4.31 Å². The molecule has 0 aliphatic carbocycles. The van der Waals surface area contributed by atoms with E-state index < -0.39 is 10.0 Å². The van der Waals surface area contributed by atoms with Crippen molar-refractivity contribution in [3.8, 4) is 0 Å². The number of esters is 1. The number of methoxy groups -OCH3 is 1. The Morgan fingerprint density at radius 2 is 2.29 bits per heavy atom. The molecule has 1 atom stereocenters. The molecule has 0 aromatic heterocycles. The fourth-order valence-corrected chi connectivity index (χ4v) is 5.02. The summed E-state index contributed by atoms with van der Waals surface area (Å²) in [7, 11) is -2.18. The van der Waals surface area contributed by atoms with Gasteiger partial charge < -0.3 is 4.74 Å². The van der Waals surface area contributed by atoms with E-state index in [0.717, 1.165) is 6.42 Å². The molecular weight excluding hydrogens is 334 g/mol. The Balaban J connectivity index is 2.01. The normalized spacial score (nSPS) is 19.6. The van der Waals surface area contributed by atoms with Crippen molar-refractivity contribution in [2.24, 2.45) is 0 Å². The number of halogens is 1. The molecule has 1 aromatic rings. The van der Waals surface area contributed by atoms with E-state index in [1.165, 1.54) is 35.3 Å². The van der Waals surface area contributed by atoms with Gasteiger partial charge in [-0.3, -0.25) is 4.79 Å². The Labute approximate surface area is 133 Å². The molecule has 0 bridgehead atoms. The lowest BCUT2D eigenvalue weighted by Crippen LogP contribution is -2.29. The predicted octanol–water partition coefficient (Wildman–Crippen LogP) is 2.01. The second kappa shape index (κ2) is 7.00. The molecule has 1 aromatic carbocycles. The van der Waals surface area contributed by atoms with E-state index in [1.54, 1.807) is 12.1 Å². The van der Waals surface area contributed by atoms with Crippen LogP contribution in [-0.2, 0) is 19.6 Å². The zero-order valence-corrected chi connectivity index (χ0v) is 13.9. The van der Waals surface area contributed by atoms with Crippen LogP contribution in [-0.4, -0.2) is 49.9 Å². The van der Waals surface area contributed by atoms with Crippen molar-refractivity contribution in [2.75, 3.05) is 26.0 Å². The summed E-state index contributed by atoms with van der Waals surface area (Å²) in [5.41, 5.74) is 0. The maximum absolute atomic E-state index is 12.5. The van der Waals surface area contributed by atoms with Crippen LogP contribution in [0.3, 0.4) is 0 Å². The summed E-state index contributed by atoms with van der Waals surface area (Å²) in [5, 5.41) is 0.505. The molecule has 0 saturated carbocycles. The zero-order chi connectivity index (χ0) is 15.5. The van der Waals surface area contributed by atoms with Crippen LogP contribution < -0.4 is 0 Å². The first kappa shape index (κ1) is 16.6. The molecule has 1 fully saturated rings. The molecule has 1 aliphatic rings. The van der Waals surface area contributed by atoms with Gasteiger partial charge in [0.2, 0.25) is 10.0 Å². The van der Waals surface area contributed by atoms with E-state index in [-0.39, 0.29) is 21.9 Å². The summed E-state index contributed by atoms with van der Waals surface area (Å²) < 4.78 is 31.0. The molecular formula is C13H16ClNO4S2. The number of nitrogens with zero attached hydrogens (tertiary/aromatic N) is 1. The van der Waals surface area contributed by atoms with Crippen LogP contribution >= 0.6 is 23.4 Å². The highest BCUT2D eigenvalue weighted by molar-refractivity contribution is 8.00. The second-order valence-electron chi connectivity index (χ2n) is 4.62. The van der Waals surface area contributed by atoms with Crippen molar-refractivity contribution < 1.29 is 17.9 Å². The number of carbonyl (C=O) groups excluding carboxylic acids is 1. The maximum atomic E-state index is 12.5. The third-order valence-corrected chi connectivity index (χ3v) is 6.56. The van der Waals surface area contributed by atoms with Gasteiger partial charge in [0.05, 0.1) is 17.8 Å². The molecule has 0 N–H and O–H groups in total. The van der Waals surface area contributed by atoms with Crippen LogP contribution in [0.2, 0.25) is 5.02 Å². The minimum atomic E-state index is -3.52. The first-order chi connectivity index (χ1) is 9.93. The Morgan fingerprint density at radius 1 is 1.52 bits per heavy atom. The van der Waals surface area contributed by atoms with Crippen molar-refractivity contribution in [3.05, 3.63) is 29.3 Å². The molecule has 5 nitrogen and oxygen atoms in total. The number of sulfonamides is 1. The smallest absolute Gasteiger partial charge is 0.315 e. The minimum Gasteiger partial charge on any atom is -0.468 e. The molecule has 2 rings (SSSR count). The fourth-order valence-electron chi connectivity index (χ4n) is 2.07. The van der Waals surface area contributed by atoms with Gasteiger partial charge >= 0.3 is 5.97 Å². The van der Waals surface area contributed by atoms with Crippen molar-refractivity contribution in [3.63, 3.8) is 0 Å². The lowest BCUT2D eigenvalue weighted by atomic mass is 10.4. The Morgan fingerprint density at radius 3 is 2.95 bits per heavy atom. The molecule has 0 spiro atoms. The highest BCUT2D eigenvalue weighted by Crippen LogP contribution is 2.28. The third kappa shape index (κ3) is 4.12. The van der Waals surface area contributed by atoms with Crippen molar-refractivity contribution in [1.29, 1.82) is 0 Å². The van der Waals surface area contributed by atoms with Gasteiger partial charge in [-0.05, 0) is 24.6 Å². The van der Waals surface area contributed by atoms with E-state index in [1.807, 2.05) is 0 Å².